The third-order valence-electron chi connectivity index (χ3n) is 3.00. The van der Waals surface area contributed by atoms with Gasteiger partial charge in [-0.1, -0.05) is 12.2 Å². The third-order valence-corrected chi connectivity index (χ3v) is 3.30. The van der Waals surface area contributed by atoms with Crippen LogP contribution in [-0.2, 0) is 0 Å². The van der Waals surface area contributed by atoms with Crippen molar-refractivity contribution in [1.82, 2.24) is 9.97 Å². The van der Waals surface area contributed by atoms with E-state index in [0.717, 1.165) is 28.4 Å². The Bertz CT molecular complexity index is 665. The van der Waals surface area contributed by atoms with E-state index in [1.165, 1.54) is 0 Å². The highest BCUT2D eigenvalue weighted by molar-refractivity contribution is 7.71. The van der Waals surface area contributed by atoms with E-state index in [0.29, 0.717) is 10.4 Å². The van der Waals surface area contributed by atoms with Gasteiger partial charge in [0.1, 0.15) is 21.8 Å². The number of methoxy groups -OCH3 is 2. The molecule has 1 N–H and O–H groups in total. The standard InChI is InChI=1S/C14H16N2O2S/c1-8-9(2)16-14(19)13(15-8)11-6-5-10(17-3)7-12(11)18-4/h5-7H,1-4H3,(H,16,19). The number of ether oxygens (including phenoxy) is 2. The number of aromatic nitrogens is 2. The predicted molar refractivity (Wildman–Crippen MR) is 77.4 cm³/mol. The molecule has 0 atom stereocenters. The molecule has 0 aliphatic rings. The summed E-state index contributed by atoms with van der Waals surface area (Å²) in [5.41, 5.74) is 3.47. The van der Waals surface area contributed by atoms with Gasteiger partial charge in [0.2, 0.25) is 0 Å². The molecule has 0 aliphatic heterocycles. The highest BCUT2D eigenvalue weighted by Crippen LogP contribution is 2.32. The summed E-state index contributed by atoms with van der Waals surface area (Å²) in [7, 11) is 3.24. The van der Waals surface area contributed by atoms with E-state index < -0.39 is 0 Å². The summed E-state index contributed by atoms with van der Waals surface area (Å²) < 4.78 is 11.2. The lowest BCUT2D eigenvalue weighted by Crippen LogP contribution is -1.98. The van der Waals surface area contributed by atoms with Gasteiger partial charge in [-0.15, -0.1) is 0 Å². The van der Waals surface area contributed by atoms with Gasteiger partial charge in [-0.2, -0.15) is 0 Å². The average Bonchev–Trinajstić information content (AvgIpc) is 2.42. The first-order valence-electron chi connectivity index (χ1n) is 5.86. The molecule has 0 spiro atoms. The second kappa shape index (κ2) is 5.40. The van der Waals surface area contributed by atoms with Crippen molar-refractivity contribution in [1.29, 1.82) is 0 Å². The van der Waals surface area contributed by atoms with E-state index in [2.05, 4.69) is 9.97 Å². The van der Waals surface area contributed by atoms with Crippen molar-refractivity contribution in [3.63, 3.8) is 0 Å². The van der Waals surface area contributed by atoms with Crippen molar-refractivity contribution in [3.05, 3.63) is 34.2 Å². The lowest BCUT2D eigenvalue weighted by atomic mass is 10.1. The van der Waals surface area contributed by atoms with Crippen molar-refractivity contribution in [2.75, 3.05) is 14.2 Å². The smallest absolute Gasteiger partial charge is 0.132 e. The molecule has 100 valence electrons. The van der Waals surface area contributed by atoms with Crippen molar-refractivity contribution < 1.29 is 9.47 Å². The third kappa shape index (κ3) is 2.61. The van der Waals surface area contributed by atoms with E-state index in [9.17, 15) is 0 Å². The van der Waals surface area contributed by atoms with Crippen LogP contribution in [0, 0.1) is 18.5 Å². The molecule has 0 saturated heterocycles. The molecule has 0 amide bonds. The van der Waals surface area contributed by atoms with Crippen molar-refractivity contribution >= 4 is 12.2 Å². The Morgan fingerprint density at radius 2 is 1.89 bits per heavy atom. The second-order valence-corrected chi connectivity index (χ2v) is 4.60. The van der Waals surface area contributed by atoms with Crippen LogP contribution >= 0.6 is 12.2 Å². The van der Waals surface area contributed by atoms with Crippen LogP contribution in [0.4, 0.5) is 0 Å². The zero-order valence-corrected chi connectivity index (χ0v) is 12.2. The molecule has 0 radical (unpaired) electrons. The van der Waals surface area contributed by atoms with Crippen LogP contribution in [-0.4, -0.2) is 24.2 Å². The summed E-state index contributed by atoms with van der Waals surface area (Å²) in [6.45, 7) is 3.90. The van der Waals surface area contributed by atoms with Gasteiger partial charge in [0.25, 0.3) is 0 Å². The Labute approximate surface area is 117 Å². The topological polar surface area (TPSA) is 47.1 Å². The van der Waals surface area contributed by atoms with Gasteiger partial charge in [-0.3, -0.25) is 0 Å². The summed E-state index contributed by atoms with van der Waals surface area (Å²) in [6.07, 6.45) is 0. The highest BCUT2D eigenvalue weighted by atomic mass is 32.1. The molecular formula is C14H16N2O2S. The van der Waals surface area contributed by atoms with Crippen LogP contribution in [0.15, 0.2) is 18.2 Å². The Hall–Kier alpha value is -1.88. The molecule has 0 fully saturated rings. The molecule has 0 bridgehead atoms. The van der Waals surface area contributed by atoms with Gasteiger partial charge >= 0.3 is 0 Å². The molecule has 19 heavy (non-hydrogen) atoms. The fourth-order valence-corrected chi connectivity index (χ4v) is 2.11. The molecule has 1 heterocycles. The predicted octanol–water partition coefficient (Wildman–Crippen LogP) is 3.44. The van der Waals surface area contributed by atoms with Gasteiger partial charge in [0.15, 0.2) is 0 Å². The number of hydrogen-bond acceptors (Lipinski definition) is 4. The first-order valence-corrected chi connectivity index (χ1v) is 6.27. The Morgan fingerprint density at radius 1 is 1.16 bits per heavy atom. The monoisotopic (exact) mass is 276 g/mol. The number of H-pyrrole nitrogens is 1. The van der Waals surface area contributed by atoms with Crippen LogP contribution in [0.3, 0.4) is 0 Å². The van der Waals surface area contributed by atoms with Gasteiger partial charge < -0.3 is 14.5 Å². The molecule has 5 heteroatoms. The van der Waals surface area contributed by atoms with E-state index in [4.69, 9.17) is 21.7 Å². The van der Waals surface area contributed by atoms with E-state index >= 15 is 0 Å². The van der Waals surface area contributed by atoms with Gasteiger partial charge in [0, 0.05) is 17.3 Å². The van der Waals surface area contributed by atoms with Gasteiger partial charge in [-0.25, -0.2) is 4.98 Å². The lowest BCUT2D eigenvalue weighted by Gasteiger charge is -2.11. The Morgan fingerprint density at radius 3 is 2.53 bits per heavy atom. The molecule has 1 aromatic heterocycles. The van der Waals surface area contributed by atoms with Crippen LogP contribution in [0.25, 0.3) is 11.3 Å². The molecule has 0 unspecified atom stereocenters. The van der Waals surface area contributed by atoms with E-state index in [1.807, 2.05) is 32.0 Å². The molecule has 2 rings (SSSR count). The van der Waals surface area contributed by atoms with Crippen LogP contribution < -0.4 is 9.47 Å². The highest BCUT2D eigenvalue weighted by Gasteiger charge is 2.12. The number of nitrogens with one attached hydrogen (secondary N) is 1. The maximum atomic E-state index is 5.39. The van der Waals surface area contributed by atoms with E-state index in [1.54, 1.807) is 14.2 Å². The number of benzene rings is 1. The summed E-state index contributed by atoms with van der Waals surface area (Å²) in [5.74, 6) is 1.42. The molecule has 2 aromatic rings. The first-order chi connectivity index (χ1) is 9.06. The SMILES string of the molecule is COc1ccc(-c2nc(C)c(C)[nH]c2=S)c(OC)c1. The normalized spacial score (nSPS) is 10.3. The summed E-state index contributed by atoms with van der Waals surface area (Å²) in [6, 6.07) is 5.59. The zero-order chi connectivity index (χ0) is 14.0. The molecule has 0 aliphatic carbocycles. The minimum atomic E-state index is 0.603. The second-order valence-electron chi connectivity index (χ2n) is 4.19. The minimum absolute atomic E-state index is 0.603. The molecule has 0 saturated carbocycles. The van der Waals surface area contributed by atoms with Crippen molar-refractivity contribution in [2.24, 2.45) is 0 Å². The fourth-order valence-electron chi connectivity index (χ4n) is 1.80. The largest absolute Gasteiger partial charge is 0.497 e. The number of aromatic amines is 1. The van der Waals surface area contributed by atoms with Crippen molar-refractivity contribution in [2.45, 2.75) is 13.8 Å². The van der Waals surface area contributed by atoms with E-state index in [-0.39, 0.29) is 0 Å². The van der Waals surface area contributed by atoms with Crippen LogP contribution in [0.2, 0.25) is 0 Å². The minimum Gasteiger partial charge on any atom is -0.497 e. The fraction of sp³-hybridized carbons (Fsp3) is 0.286. The quantitative estimate of drug-likeness (QED) is 0.872. The van der Waals surface area contributed by atoms with Crippen LogP contribution in [0.5, 0.6) is 11.5 Å². The summed E-state index contributed by atoms with van der Waals surface area (Å²) in [5, 5.41) is 0. The first kappa shape index (κ1) is 13.5. The maximum Gasteiger partial charge on any atom is 0.132 e. The number of rotatable bonds is 3. The lowest BCUT2D eigenvalue weighted by molar-refractivity contribution is 0.395. The number of aryl methyl sites for hydroxylation is 2. The number of hydrogen-bond donors (Lipinski definition) is 1. The zero-order valence-electron chi connectivity index (χ0n) is 11.4. The maximum absolute atomic E-state index is 5.39. The number of nitrogens with zero attached hydrogens (tertiary/aromatic N) is 1. The molecular weight excluding hydrogens is 260 g/mol. The molecule has 4 nitrogen and oxygen atoms in total. The summed E-state index contributed by atoms with van der Waals surface area (Å²) >= 11 is 5.35. The Balaban J connectivity index is 2.65. The average molecular weight is 276 g/mol. The summed E-state index contributed by atoms with van der Waals surface area (Å²) in [4.78, 5) is 7.70. The molecule has 1 aromatic carbocycles. The van der Waals surface area contributed by atoms with Gasteiger partial charge in [-0.05, 0) is 26.0 Å². The van der Waals surface area contributed by atoms with Crippen molar-refractivity contribution in [3.8, 4) is 22.8 Å². The van der Waals surface area contributed by atoms with Crippen LogP contribution in [0.1, 0.15) is 11.4 Å². The Kier molecular flexibility index (Phi) is 3.85. The van der Waals surface area contributed by atoms with Gasteiger partial charge in [0.05, 0.1) is 19.9 Å².